The van der Waals surface area contributed by atoms with Crippen molar-refractivity contribution in [1.29, 1.82) is 0 Å². The van der Waals surface area contributed by atoms with Gasteiger partial charge < -0.3 is 5.11 Å². The van der Waals surface area contributed by atoms with Crippen LogP contribution in [-0.2, 0) is 0 Å². The minimum Gasteiger partial charge on any atom is -0.478 e. The highest BCUT2D eigenvalue weighted by Crippen LogP contribution is 2.26. The third-order valence-corrected chi connectivity index (χ3v) is 2.98. The molecule has 6 heteroatoms. The molecule has 3 rings (SSSR count). The summed E-state index contributed by atoms with van der Waals surface area (Å²) in [6.07, 6.45) is 2.85. The van der Waals surface area contributed by atoms with E-state index in [9.17, 15) is 14.3 Å². The molecule has 0 atom stereocenters. The number of carboxylic acid groups (broad SMARTS) is 1. The van der Waals surface area contributed by atoms with E-state index in [-0.39, 0.29) is 11.4 Å². The molecule has 0 bridgehead atoms. The smallest absolute Gasteiger partial charge is 0.339 e. The standard InChI is InChI=1S/C15H10FN3O2/c16-11-6-4-10(5-7-11)14-12(15(20)21)9-18-19(14)13-3-1-2-8-17-13/h1-9H,(H,20,21). The van der Waals surface area contributed by atoms with Crippen molar-refractivity contribution in [3.05, 3.63) is 66.2 Å². The summed E-state index contributed by atoms with van der Waals surface area (Å²) >= 11 is 0. The number of pyridine rings is 1. The minimum absolute atomic E-state index is 0.0345. The van der Waals surface area contributed by atoms with Gasteiger partial charge in [0.2, 0.25) is 0 Å². The van der Waals surface area contributed by atoms with Crippen LogP contribution in [0.25, 0.3) is 17.1 Å². The van der Waals surface area contributed by atoms with E-state index >= 15 is 0 Å². The summed E-state index contributed by atoms with van der Waals surface area (Å²) in [6, 6.07) is 10.8. The largest absolute Gasteiger partial charge is 0.478 e. The average molecular weight is 283 g/mol. The molecular weight excluding hydrogens is 273 g/mol. The Morgan fingerprint density at radius 1 is 1.14 bits per heavy atom. The Bertz CT molecular complexity index is 782. The van der Waals surface area contributed by atoms with Crippen molar-refractivity contribution >= 4 is 5.97 Å². The highest BCUT2D eigenvalue weighted by atomic mass is 19.1. The van der Waals surface area contributed by atoms with Crippen LogP contribution in [0.1, 0.15) is 10.4 Å². The number of nitrogens with zero attached hydrogens (tertiary/aromatic N) is 3. The highest BCUT2D eigenvalue weighted by molar-refractivity contribution is 5.95. The third kappa shape index (κ3) is 2.38. The first-order valence-electron chi connectivity index (χ1n) is 6.15. The number of aromatic carboxylic acids is 1. The van der Waals surface area contributed by atoms with Crippen LogP contribution in [0.2, 0.25) is 0 Å². The van der Waals surface area contributed by atoms with Gasteiger partial charge in [-0.25, -0.2) is 18.9 Å². The fourth-order valence-electron chi connectivity index (χ4n) is 2.04. The molecule has 5 nitrogen and oxygen atoms in total. The molecule has 1 aromatic carbocycles. The van der Waals surface area contributed by atoms with Gasteiger partial charge in [0, 0.05) is 11.8 Å². The summed E-state index contributed by atoms with van der Waals surface area (Å²) in [7, 11) is 0. The Labute approximate surface area is 119 Å². The molecule has 0 fully saturated rings. The molecule has 0 radical (unpaired) electrons. The van der Waals surface area contributed by atoms with E-state index in [0.29, 0.717) is 17.1 Å². The molecule has 0 aliphatic rings. The SMILES string of the molecule is O=C(O)c1cnn(-c2ccccn2)c1-c1ccc(F)cc1. The fraction of sp³-hybridized carbons (Fsp3) is 0. The van der Waals surface area contributed by atoms with Gasteiger partial charge in [-0.15, -0.1) is 0 Å². The summed E-state index contributed by atoms with van der Waals surface area (Å²) in [5.74, 6) is -1.000. The van der Waals surface area contributed by atoms with Crippen LogP contribution < -0.4 is 0 Å². The topological polar surface area (TPSA) is 68.0 Å². The van der Waals surface area contributed by atoms with Crippen molar-refractivity contribution in [2.75, 3.05) is 0 Å². The van der Waals surface area contributed by atoms with Crippen LogP contribution in [0.15, 0.2) is 54.9 Å². The zero-order valence-corrected chi connectivity index (χ0v) is 10.8. The molecule has 1 N–H and O–H groups in total. The van der Waals surface area contributed by atoms with Crippen molar-refractivity contribution in [3.8, 4) is 17.1 Å². The number of hydrogen-bond acceptors (Lipinski definition) is 3. The van der Waals surface area contributed by atoms with Crippen LogP contribution in [0.5, 0.6) is 0 Å². The van der Waals surface area contributed by atoms with Crippen LogP contribution in [0, 0.1) is 5.82 Å². The molecule has 0 aliphatic carbocycles. The summed E-state index contributed by atoms with van der Waals surface area (Å²) in [5, 5.41) is 13.4. The number of halogens is 1. The van der Waals surface area contributed by atoms with E-state index in [0.717, 1.165) is 0 Å². The van der Waals surface area contributed by atoms with Gasteiger partial charge in [0.1, 0.15) is 11.4 Å². The summed E-state index contributed by atoms with van der Waals surface area (Å²) in [6.45, 7) is 0. The van der Waals surface area contributed by atoms with Gasteiger partial charge in [0.15, 0.2) is 5.82 Å². The highest BCUT2D eigenvalue weighted by Gasteiger charge is 2.19. The number of benzene rings is 1. The molecule has 0 aliphatic heterocycles. The Hall–Kier alpha value is -3.02. The third-order valence-electron chi connectivity index (χ3n) is 2.98. The van der Waals surface area contributed by atoms with E-state index in [1.165, 1.54) is 35.1 Å². The second-order valence-corrected chi connectivity index (χ2v) is 4.32. The molecule has 0 unspecified atom stereocenters. The number of carboxylic acids is 1. The zero-order valence-electron chi connectivity index (χ0n) is 10.8. The van der Waals surface area contributed by atoms with Crippen LogP contribution in [-0.4, -0.2) is 25.8 Å². The number of hydrogen-bond donors (Lipinski definition) is 1. The number of rotatable bonds is 3. The second kappa shape index (κ2) is 5.16. The predicted molar refractivity (Wildman–Crippen MR) is 73.7 cm³/mol. The maximum Gasteiger partial charge on any atom is 0.339 e. The molecule has 2 aromatic heterocycles. The van der Waals surface area contributed by atoms with Crippen LogP contribution in [0.4, 0.5) is 4.39 Å². The van der Waals surface area contributed by atoms with Crippen molar-refractivity contribution in [3.63, 3.8) is 0 Å². The van der Waals surface area contributed by atoms with Gasteiger partial charge in [-0.2, -0.15) is 5.10 Å². The van der Waals surface area contributed by atoms with Gasteiger partial charge in [-0.1, -0.05) is 6.07 Å². The normalized spacial score (nSPS) is 10.5. The van der Waals surface area contributed by atoms with Gasteiger partial charge in [0.05, 0.1) is 11.9 Å². The Balaban J connectivity index is 2.23. The molecule has 104 valence electrons. The lowest BCUT2D eigenvalue weighted by Crippen LogP contribution is -2.04. The van der Waals surface area contributed by atoms with Crippen molar-refractivity contribution in [2.24, 2.45) is 0 Å². The molecular formula is C15H10FN3O2. The quantitative estimate of drug-likeness (QED) is 0.802. The molecule has 21 heavy (non-hydrogen) atoms. The first-order chi connectivity index (χ1) is 10.2. The lowest BCUT2D eigenvalue weighted by atomic mass is 10.1. The van der Waals surface area contributed by atoms with Crippen molar-refractivity contribution in [2.45, 2.75) is 0 Å². The van der Waals surface area contributed by atoms with Crippen LogP contribution in [0.3, 0.4) is 0 Å². The van der Waals surface area contributed by atoms with Gasteiger partial charge in [0.25, 0.3) is 0 Å². The number of carbonyl (C=O) groups is 1. The average Bonchev–Trinajstić information content (AvgIpc) is 2.94. The van der Waals surface area contributed by atoms with E-state index in [2.05, 4.69) is 10.1 Å². The second-order valence-electron chi connectivity index (χ2n) is 4.32. The monoisotopic (exact) mass is 283 g/mol. The Kier molecular flexibility index (Phi) is 3.19. The first kappa shape index (κ1) is 13.0. The summed E-state index contributed by atoms with van der Waals surface area (Å²) < 4.78 is 14.5. The Morgan fingerprint density at radius 3 is 2.52 bits per heavy atom. The van der Waals surface area contributed by atoms with Crippen LogP contribution >= 0.6 is 0 Å². The van der Waals surface area contributed by atoms with Gasteiger partial charge in [-0.05, 0) is 36.4 Å². The van der Waals surface area contributed by atoms with Crippen molar-refractivity contribution < 1.29 is 14.3 Å². The Morgan fingerprint density at radius 2 is 1.90 bits per heavy atom. The molecule has 0 saturated heterocycles. The maximum atomic E-state index is 13.1. The van der Waals surface area contributed by atoms with Crippen molar-refractivity contribution in [1.82, 2.24) is 14.8 Å². The lowest BCUT2D eigenvalue weighted by molar-refractivity contribution is 0.0697. The minimum atomic E-state index is -1.10. The molecule has 2 heterocycles. The molecule has 0 amide bonds. The van der Waals surface area contributed by atoms with Gasteiger partial charge >= 0.3 is 5.97 Å². The molecule has 3 aromatic rings. The van der Waals surface area contributed by atoms with Gasteiger partial charge in [-0.3, -0.25) is 0 Å². The fourth-order valence-corrected chi connectivity index (χ4v) is 2.04. The maximum absolute atomic E-state index is 13.1. The molecule has 0 spiro atoms. The van der Waals surface area contributed by atoms with E-state index in [1.54, 1.807) is 24.4 Å². The number of aromatic nitrogens is 3. The first-order valence-corrected chi connectivity index (χ1v) is 6.15. The predicted octanol–water partition coefficient (Wildman–Crippen LogP) is 2.77. The zero-order chi connectivity index (χ0) is 14.8. The van der Waals surface area contributed by atoms with E-state index in [1.807, 2.05) is 0 Å². The molecule has 0 saturated carbocycles. The lowest BCUT2D eigenvalue weighted by Gasteiger charge is -2.08. The summed E-state index contributed by atoms with van der Waals surface area (Å²) in [4.78, 5) is 15.5. The van der Waals surface area contributed by atoms with E-state index < -0.39 is 5.97 Å². The van der Waals surface area contributed by atoms with E-state index in [4.69, 9.17) is 0 Å². The summed E-state index contributed by atoms with van der Waals surface area (Å²) in [5.41, 5.74) is 0.949.